The molecule has 7 nitrogen and oxygen atoms in total. The third-order valence-electron chi connectivity index (χ3n) is 6.28. The van der Waals surface area contributed by atoms with Gasteiger partial charge in [-0.3, -0.25) is 0 Å². The largest absolute Gasteiger partial charge is 0.492 e. The van der Waals surface area contributed by atoms with Gasteiger partial charge in [0.05, 0.1) is 6.54 Å². The van der Waals surface area contributed by atoms with Crippen molar-refractivity contribution in [3.05, 3.63) is 29.8 Å². The van der Waals surface area contributed by atoms with E-state index in [0.29, 0.717) is 5.75 Å². The predicted octanol–water partition coefficient (Wildman–Crippen LogP) is 6.24. The number of carbonyl (C=O) groups excluding carboxylic acids is 1. The van der Waals surface area contributed by atoms with Crippen LogP contribution in [0.4, 0.5) is 26.7 Å². The normalized spacial score (nSPS) is 15.6. The molecule has 1 aromatic carbocycles. The van der Waals surface area contributed by atoms with Gasteiger partial charge in [0.1, 0.15) is 18.5 Å². The van der Waals surface area contributed by atoms with Gasteiger partial charge in [-0.1, -0.05) is 18.6 Å². The molecule has 0 aliphatic heterocycles. The van der Waals surface area contributed by atoms with Crippen molar-refractivity contribution in [1.82, 2.24) is 4.90 Å². The minimum atomic E-state index is -5.60. The highest BCUT2D eigenvalue weighted by atomic mass is 19.4. The average molecular weight is 554 g/mol. The summed E-state index contributed by atoms with van der Waals surface area (Å²) in [7, 11) is 0. The van der Waals surface area contributed by atoms with Gasteiger partial charge >= 0.3 is 24.2 Å². The van der Waals surface area contributed by atoms with Crippen LogP contribution in [0.5, 0.6) is 5.75 Å². The summed E-state index contributed by atoms with van der Waals surface area (Å²) in [6.07, 6.45) is -4.72. The molecule has 1 aliphatic rings. The van der Waals surface area contributed by atoms with Crippen molar-refractivity contribution >= 4 is 12.1 Å². The lowest BCUT2D eigenvalue weighted by atomic mass is 9.98. The molecule has 12 heteroatoms. The molecule has 1 aromatic rings. The molecule has 0 radical (unpaired) electrons. The summed E-state index contributed by atoms with van der Waals surface area (Å²) in [5, 5.41) is 9.21. The third kappa shape index (κ3) is 10.6. The molecule has 0 heterocycles. The molecule has 0 spiro atoms. The van der Waals surface area contributed by atoms with Crippen LogP contribution in [0.3, 0.4) is 0 Å². The van der Waals surface area contributed by atoms with Crippen molar-refractivity contribution in [1.29, 1.82) is 0 Å². The van der Waals surface area contributed by atoms with Crippen LogP contribution in [-0.2, 0) is 20.7 Å². The van der Waals surface area contributed by atoms with E-state index in [9.17, 15) is 36.6 Å². The van der Waals surface area contributed by atoms with Gasteiger partial charge in [-0.05, 0) is 63.1 Å². The molecule has 1 saturated carbocycles. The van der Waals surface area contributed by atoms with E-state index in [1.54, 1.807) is 31.2 Å². The molecular weight excluding hydrogens is 517 g/mol. The number of carboxylic acid groups (broad SMARTS) is 1. The Hall–Kier alpha value is -2.63. The molecule has 1 atom stereocenters. The number of alkyl halides is 5. The molecule has 1 unspecified atom stereocenters. The van der Waals surface area contributed by atoms with Crippen LogP contribution in [-0.4, -0.2) is 72.7 Å². The van der Waals surface area contributed by atoms with E-state index >= 15 is 0 Å². The van der Waals surface area contributed by atoms with Gasteiger partial charge in [0, 0.05) is 26.0 Å². The van der Waals surface area contributed by atoms with E-state index in [0.717, 1.165) is 37.7 Å². The second kappa shape index (κ2) is 15.1. The van der Waals surface area contributed by atoms with Crippen LogP contribution >= 0.6 is 0 Å². The van der Waals surface area contributed by atoms with E-state index in [2.05, 4.69) is 0 Å². The molecule has 2 rings (SSSR count). The van der Waals surface area contributed by atoms with Crippen molar-refractivity contribution in [2.75, 3.05) is 26.3 Å². The van der Waals surface area contributed by atoms with Crippen LogP contribution < -0.4 is 4.74 Å². The van der Waals surface area contributed by atoms with Gasteiger partial charge in [0.15, 0.2) is 6.10 Å². The fraction of sp³-hybridized carbons (Fsp3) is 0.692. The standard InChI is InChI=1S/C26H36F5NO6/c1-2-36-22(23(33)34)18-19-10-12-20(13-11-19)37-17-16-32(24(35)38-21-8-4-3-5-9-21)15-7-6-14-25(27,28)26(29,30)31/h10-13,21-22H,2-9,14-18H2,1H3,(H,33,34). The zero-order valence-corrected chi connectivity index (χ0v) is 21.5. The lowest BCUT2D eigenvalue weighted by Crippen LogP contribution is -2.39. The maximum atomic E-state index is 13.2. The van der Waals surface area contributed by atoms with Gasteiger partial charge < -0.3 is 24.2 Å². The second-order valence-corrected chi connectivity index (χ2v) is 9.27. The summed E-state index contributed by atoms with van der Waals surface area (Å²) in [5.41, 5.74) is 0.728. The molecule has 1 fully saturated rings. The van der Waals surface area contributed by atoms with Gasteiger partial charge in [0.2, 0.25) is 0 Å². The zero-order valence-electron chi connectivity index (χ0n) is 21.5. The monoisotopic (exact) mass is 553 g/mol. The topological polar surface area (TPSA) is 85.3 Å². The van der Waals surface area contributed by atoms with Gasteiger partial charge in [-0.25, -0.2) is 9.59 Å². The number of hydrogen-bond donors (Lipinski definition) is 1. The number of unbranched alkanes of at least 4 members (excludes halogenated alkanes) is 1. The number of ether oxygens (including phenoxy) is 3. The molecule has 1 aliphatic carbocycles. The minimum absolute atomic E-state index is 0.0362. The number of hydrogen-bond acceptors (Lipinski definition) is 5. The van der Waals surface area contributed by atoms with Crippen LogP contribution in [0, 0.1) is 0 Å². The lowest BCUT2D eigenvalue weighted by Gasteiger charge is -2.27. The Kier molecular flexibility index (Phi) is 12.5. The van der Waals surface area contributed by atoms with Crippen molar-refractivity contribution in [3.63, 3.8) is 0 Å². The van der Waals surface area contributed by atoms with Crippen LogP contribution in [0.1, 0.15) is 63.9 Å². The Morgan fingerprint density at radius 3 is 2.26 bits per heavy atom. The quantitative estimate of drug-likeness (QED) is 0.205. The van der Waals surface area contributed by atoms with E-state index in [-0.39, 0.29) is 45.2 Å². The minimum Gasteiger partial charge on any atom is -0.492 e. The fourth-order valence-corrected chi connectivity index (χ4v) is 4.11. The van der Waals surface area contributed by atoms with Crippen molar-refractivity contribution < 1.29 is 50.9 Å². The summed E-state index contributed by atoms with van der Waals surface area (Å²) >= 11 is 0. The second-order valence-electron chi connectivity index (χ2n) is 9.27. The van der Waals surface area contributed by atoms with Crippen LogP contribution in [0.2, 0.25) is 0 Å². The first-order valence-electron chi connectivity index (χ1n) is 12.9. The molecule has 0 saturated heterocycles. The van der Waals surface area contributed by atoms with Gasteiger partial charge in [0.25, 0.3) is 0 Å². The highest BCUT2D eigenvalue weighted by Crippen LogP contribution is 2.39. The molecule has 0 aromatic heterocycles. The fourth-order valence-electron chi connectivity index (χ4n) is 4.11. The van der Waals surface area contributed by atoms with Crippen LogP contribution in [0.25, 0.3) is 0 Å². The third-order valence-corrected chi connectivity index (χ3v) is 6.28. The highest BCUT2D eigenvalue weighted by molar-refractivity contribution is 5.72. The summed E-state index contributed by atoms with van der Waals surface area (Å²) in [5.74, 6) is -5.37. The van der Waals surface area contributed by atoms with E-state index in [4.69, 9.17) is 14.2 Å². The maximum absolute atomic E-state index is 13.2. The van der Waals surface area contributed by atoms with Crippen molar-refractivity contribution in [3.8, 4) is 5.75 Å². The van der Waals surface area contributed by atoms with Crippen LogP contribution in [0.15, 0.2) is 24.3 Å². The molecular formula is C26H36F5NO6. The van der Waals surface area contributed by atoms with E-state index in [1.807, 2.05) is 0 Å². The summed E-state index contributed by atoms with van der Waals surface area (Å²) in [6, 6.07) is 6.68. The predicted molar refractivity (Wildman–Crippen MR) is 128 cm³/mol. The number of aliphatic carboxylic acids is 1. The average Bonchev–Trinajstić information content (AvgIpc) is 2.86. The lowest BCUT2D eigenvalue weighted by molar-refractivity contribution is -0.284. The highest BCUT2D eigenvalue weighted by Gasteiger charge is 2.56. The summed E-state index contributed by atoms with van der Waals surface area (Å²) in [6.45, 7) is 2.01. The Labute approximate surface area is 219 Å². The number of nitrogens with zero attached hydrogens (tertiary/aromatic N) is 1. The molecule has 38 heavy (non-hydrogen) atoms. The number of benzene rings is 1. The number of rotatable bonds is 15. The van der Waals surface area contributed by atoms with E-state index < -0.39 is 43.1 Å². The molecule has 1 amide bonds. The number of amides is 1. The first-order valence-corrected chi connectivity index (χ1v) is 12.9. The van der Waals surface area contributed by atoms with Gasteiger partial charge in [-0.2, -0.15) is 22.0 Å². The first kappa shape index (κ1) is 31.6. The zero-order chi connectivity index (χ0) is 28.2. The van der Waals surface area contributed by atoms with Crippen molar-refractivity contribution in [2.45, 2.75) is 89.0 Å². The Bertz CT molecular complexity index is 859. The number of carboxylic acids is 1. The molecule has 1 N–H and O–H groups in total. The summed E-state index contributed by atoms with van der Waals surface area (Å²) in [4.78, 5) is 25.2. The smallest absolute Gasteiger partial charge is 0.453 e. The molecule has 0 bridgehead atoms. The number of halogens is 5. The van der Waals surface area contributed by atoms with Crippen molar-refractivity contribution in [2.24, 2.45) is 0 Å². The molecule has 216 valence electrons. The SMILES string of the molecule is CCOC(Cc1ccc(OCCN(CCCCC(F)(F)C(F)(F)F)C(=O)OC2CCCCC2)cc1)C(=O)O. The Morgan fingerprint density at radius 2 is 1.68 bits per heavy atom. The van der Waals surface area contributed by atoms with E-state index in [1.165, 1.54) is 4.90 Å². The first-order chi connectivity index (χ1) is 17.9. The maximum Gasteiger partial charge on any atom is 0.453 e. The number of carbonyl (C=O) groups is 2. The van der Waals surface area contributed by atoms with Gasteiger partial charge in [-0.15, -0.1) is 0 Å². The summed E-state index contributed by atoms with van der Waals surface area (Å²) < 4.78 is 80.1. The Balaban J connectivity index is 1.90. The Morgan fingerprint density at radius 1 is 1.03 bits per heavy atom.